The highest BCUT2D eigenvalue weighted by Crippen LogP contribution is 2.37. The van der Waals surface area contributed by atoms with Gasteiger partial charge in [0.1, 0.15) is 18.2 Å². The van der Waals surface area contributed by atoms with E-state index in [4.69, 9.17) is 14.5 Å². The predicted octanol–water partition coefficient (Wildman–Crippen LogP) is 6.27. The van der Waals surface area contributed by atoms with Gasteiger partial charge in [-0.2, -0.15) is 0 Å². The Balaban J connectivity index is 1.65. The number of allylic oxidation sites excluding steroid dienone is 1. The number of methoxy groups -OCH3 is 1. The maximum atomic E-state index is 11.5. The second kappa shape index (κ2) is 9.79. The van der Waals surface area contributed by atoms with Gasteiger partial charge in [-0.05, 0) is 81.7 Å². The third-order valence-electron chi connectivity index (χ3n) is 6.62. The molecule has 6 heteroatoms. The zero-order valence-corrected chi connectivity index (χ0v) is 19.8. The average Bonchev–Trinajstić information content (AvgIpc) is 3.46. The van der Waals surface area contributed by atoms with E-state index < -0.39 is 5.97 Å². The minimum Gasteiger partial charge on any atom is -0.489 e. The van der Waals surface area contributed by atoms with Gasteiger partial charge in [-0.15, -0.1) is 0 Å². The van der Waals surface area contributed by atoms with E-state index in [0.29, 0.717) is 12.6 Å². The molecular weight excluding hydrogens is 416 g/mol. The lowest BCUT2D eigenvalue weighted by molar-refractivity contribution is 0.0697. The lowest BCUT2D eigenvalue weighted by atomic mass is 10.1. The smallest absolute Gasteiger partial charge is 0.335 e. The third-order valence-corrected chi connectivity index (χ3v) is 6.62. The van der Waals surface area contributed by atoms with Crippen LogP contribution in [0, 0.1) is 0 Å². The fourth-order valence-electron chi connectivity index (χ4n) is 4.64. The Kier molecular flexibility index (Phi) is 6.84. The molecule has 1 N–H and O–H groups in total. The third kappa shape index (κ3) is 4.81. The number of hydrogen-bond acceptors (Lipinski definition) is 4. The number of aromatic carboxylic acids is 1. The van der Waals surface area contributed by atoms with Crippen molar-refractivity contribution in [1.29, 1.82) is 0 Å². The number of fused-ring (bicyclic) bond motifs is 1. The SMILES string of the molecule is COC(C)C(COc1ccc(-c2nc3cc(C(=O)O)ccc3n2C2CCCC2)cc1)=C(C)C. The highest BCUT2D eigenvalue weighted by Gasteiger charge is 2.24. The summed E-state index contributed by atoms with van der Waals surface area (Å²) in [6, 6.07) is 13.6. The van der Waals surface area contributed by atoms with Crippen LogP contribution in [0.3, 0.4) is 0 Å². The topological polar surface area (TPSA) is 73.6 Å². The molecule has 0 radical (unpaired) electrons. The lowest BCUT2D eigenvalue weighted by Gasteiger charge is -2.18. The van der Waals surface area contributed by atoms with E-state index in [1.807, 2.05) is 37.3 Å². The number of aromatic nitrogens is 2. The summed E-state index contributed by atoms with van der Waals surface area (Å²) in [4.78, 5) is 16.3. The molecule has 1 unspecified atom stereocenters. The zero-order valence-electron chi connectivity index (χ0n) is 19.8. The van der Waals surface area contributed by atoms with Crippen LogP contribution in [-0.2, 0) is 4.74 Å². The summed E-state index contributed by atoms with van der Waals surface area (Å²) in [5, 5.41) is 9.39. The summed E-state index contributed by atoms with van der Waals surface area (Å²) >= 11 is 0. The highest BCUT2D eigenvalue weighted by molar-refractivity contribution is 5.93. The minimum absolute atomic E-state index is 0.0104. The molecule has 1 aliphatic rings. The summed E-state index contributed by atoms with van der Waals surface area (Å²) in [7, 11) is 1.71. The van der Waals surface area contributed by atoms with Crippen LogP contribution in [0.5, 0.6) is 5.75 Å². The Morgan fingerprint density at radius 2 is 1.85 bits per heavy atom. The molecule has 174 valence electrons. The maximum Gasteiger partial charge on any atom is 0.335 e. The first kappa shape index (κ1) is 23.1. The second-order valence-electron chi connectivity index (χ2n) is 8.97. The van der Waals surface area contributed by atoms with E-state index in [-0.39, 0.29) is 11.7 Å². The Bertz CT molecular complexity index is 1170. The fraction of sp³-hybridized carbons (Fsp3) is 0.407. The summed E-state index contributed by atoms with van der Waals surface area (Å²) in [5.74, 6) is 0.732. The van der Waals surface area contributed by atoms with Crippen LogP contribution in [0.25, 0.3) is 22.4 Å². The van der Waals surface area contributed by atoms with Crippen LogP contribution in [0.4, 0.5) is 0 Å². The molecule has 6 nitrogen and oxygen atoms in total. The van der Waals surface area contributed by atoms with E-state index in [1.54, 1.807) is 19.2 Å². The molecule has 1 fully saturated rings. The number of imidazole rings is 1. The number of hydrogen-bond donors (Lipinski definition) is 1. The van der Waals surface area contributed by atoms with E-state index >= 15 is 0 Å². The first-order valence-corrected chi connectivity index (χ1v) is 11.6. The van der Waals surface area contributed by atoms with Gasteiger partial charge in [0, 0.05) is 18.7 Å². The first-order chi connectivity index (χ1) is 15.9. The van der Waals surface area contributed by atoms with Gasteiger partial charge in [-0.3, -0.25) is 0 Å². The van der Waals surface area contributed by atoms with Crippen molar-refractivity contribution in [2.75, 3.05) is 13.7 Å². The average molecular weight is 449 g/mol. The van der Waals surface area contributed by atoms with Crippen molar-refractivity contribution >= 4 is 17.0 Å². The molecule has 1 saturated carbocycles. The molecule has 4 rings (SSSR count). The van der Waals surface area contributed by atoms with Gasteiger partial charge in [0.15, 0.2) is 0 Å². The van der Waals surface area contributed by atoms with Gasteiger partial charge in [0.25, 0.3) is 0 Å². The molecular formula is C27H32N2O4. The molecule has 0 aliphatic heterocycles. The number of nitrogens with zero attached hydrogens (tertiary/aromatic N) is 2. The quantitative estimate of drug-likeness (QED) is 0.411. The largest absolute Gasteiger partial charge is 0.489 e. The number of ether oxygens (including phenoxy) is 2. The van der Waals surface area contributed by atoms with Crippen molar-refractivity contribution in [3.05, 3.63) is 59.2 Å². The van der Waals surface area contributed by atoms with Gasteiger partial charge < -0.3 is 19.1 Å². The van der Waals surface area contributed by atoms with Crippen LogP contribution < -0.4 is 4.74 Å². The molecule has 3 aromatic rings. The number of carboxylic acids is 1. The van der Waals surface area contributed by atoms with Crippen LogP contribution in [0.1, 0.15) is 62.9 Å². The van der Waals surface area contributed by atoms with Crippen molar-refractivity contribution in [1.82, 2.24) is 9.55 Å². The normalized spacial score (nSPS) is 15.0. The molecule has 0 bridgehead atoms. The van der Waals surface area contributed by atoms with Gasteiger partial charge in [0.05, 0.1) is 22.7 Å². The molecule has 2 aromatic carbocycles. The van der Waals surface area contributed by atoms with Crippen molar-refractivity contribution in [3.8, 4) is 17.1 Å². The highest BCUT2D eigenvalue weighted by atomic mass is 16.5. The van der Waals surface area contributed by atoms with E-state index in [1.165, 1.54) is 18.4 Å². The second-order valence-corrected chi connectivity index (χ2v) is 8.97. The summed E-state index contributed by atoms with van der Waals surface area (Å²) in [5.41, 5.74) is 5.30. The summed E-state index contributed by atoms with van der Waals surface area (Å²) < 4.78 is 13.8. The molecule has 1 aliphatic carbocycles. The van der Waals surface area contributed by atoms with Crippen molar-refractivity contribution in [2.24, 2.45) is 0 Å². The molecule has 1 atom stereocenters. The van der Waals surface area contributed by atoms with E-state index in [0.717, 1.165) is 46.6 Å². The van der Waals surface area contributed by atoms with E-state index in [9.17, 15) is 9.90 Å². The number of carboxylic acid groups (broad SMARTS) is 1. The minimum atomic E-state index is -0.936. The number of rotatable bonds is 8. The fourth-order valence-corrected chi connectivity index (χ4v) is 4.64. The molecule has 1 heterocycles. The molecule has 33 heavy (non-hydrogen) atoms. The van der Waals surface area contributed by atoms with Gasteiger partial charge in [-0.1, -0.05) is 18.4 Å². The predicted molar refractivity (Wildman–Crippen MR) is 130 cm³/mol. The van der Waals surface area contributed by atoms with Crippen LogP contribution in [0.15, 0.2) is 53.6 Å². The van der Waals surface area contributed by atoms with Gasteiger partial charge >= 0.3 is 5.97 Å². The lowest BCUT2D eigenvalue weighted by Crippen LogP contribution is -2.16. The Hall–Kier alpha value is -3.12. The Morgan fingerprint density at radius 3 is 2.45 bits per heavy atom. The number of carbonyl (C=O) groups is 1. The maximum absolute atomic E-state index is 11.5. The molecule has 0 spiro atoms. The number of benzene rings is 2. The van der Waals surface area contributed by atoms with Gasteiger partial charge in [-0.25, -0.2) is 9.78 Å². The first-order valence-electron chi connectivity index (χ1n) is 11.6. The molecule has 0 saturated heterocycles. The summed E-state index contributed by atoms with van der Waals surface area (Å²) in [6.45, 7) is 6.65. The van der Waals surface area contributed by atoms with E-state index in [2.05, 4.69) is 18.4 Å². The van der Waals surface area contributed by atoms with Gasteiger partial charge in [0.2, 0.25) is 0 Å². The van der Waals surface area contributed by atoms with Crippen molar-refractivity contribution in [3.63, 3.8) is 0 Å². The standard InChI is InChI=1S/C27H32N2O4/c1-17(2)23(18(3)32-4)16-33-22-12-9-19(10-13-22)26-28-24-15-20(27(30)31)11-14-25(24)29(26)21-7-5-6-8-21/h9-15,18,21H,5-8,16H2,1-4H3,(H,30,31). The monoisotopic (exact) mass is 448 g/mol. The Morgan fingerprint density at radius 1 is 1.15 bits per heavy atom. The van der Waals surface area contributed by atoms with Crippen LogP contribution in [-0.4, -0.2) is 40.4 Å². The van der Waals surface area contributed by atoms with Crippen LogP contribution in [0.2, 0.25) is 0 Å². The van der Waals surface area contributed by atoms with Crippen LogP contribution >= 0.6 is 0 Å². The molecule has 1 aromatic heterocycles. The summed E-state index contributed by atoms with van der Waals surface area (Å²) in [6.07, 6.45) is 4.65. The Labute approximate surface area is 194 Å². The molecule has 0 amide bonds. The zero-order chi connectivity index (χ0) is 23.5. The van der Waals surface area contributed by atoms with Crippen molar-refractivity contribution in [2.45, 2.75) is 58.6 Å². The van der Waals surface area contributed by atoms with Crippen molar-refractivity contribution < 1.29 is 19.4 Å².